The van der Waals surface area contributed by atoms with Crippen LogP contribution in [-0.4, -0.2) is 47.1 Å². The van der Waals surface area contributed by atoms with E-state index >= 15 is 0 Å². The molecule has 0 fully saturated rings. The van der Waals surface area contributed by atoms with Gasteiger partial charge in [0.15, 0.2) is 0 Å². The number of nitrogens with zero attached hydrogens (tertiary/aromatic N) is 14. The molecule has 18 heteroatoms. The molecule has 0 bridgehead atoms. The fourth-order valence-electron chi connectivity index (χ4n) is 1.22. The van der Waals surface area contributed by atoms with E-state index in [2.05, 4.69) is 60.8 Å². The monoisotopic (exact) mass is 330 g/mol. The Morgan fingerprint density at radius 1 is 1.21 bits per heavy atom. The summed E-state index contributed by atoms with van der Waals surface area (Å²) < 4.78 is 0.947. The van der Waals surface area contributed by atoms with E-state index in [1.54, 1.807) is 0 Å². The molecule has 2 heterocycles. The average Bonchev–Trinajstić information content (AvgIpc) is 2.89. The normalized spacial score (nSPS) is 10.4. The Bertz CT molecular complexity index is 873. The maximum atomic E-state index is 8.31. The van der Waals surface area contributed by atoms with E-state index in [0.29, 0.717) is 0 Å². The molecule has 2 aromatic heterocycles. The highest BCUT2D eigenvalue weighted by Crippen LogP contribution is 2.11. The molecule has 0 saturated heterocycles. The van der Waals surface area contributed by atoms with Gasteiger partial charge in [0.1, 0.15) is 0 Å². The minimum atomic E-state index is -0.666. The molecular formula is C6H6N18. The van der Waals surface area contributed by atoms with Gasteiger partial charge in [0.05, 0.1) is 0 Å². The lowest BCUT2D eigenvalue weighted by molar-refractivity contribution is 0.739. The Balaban J connectivity index is 2.17. The molecule has 24 heavy (non-hydrogen) atoms. The third-order valence-corrected chi connectivity index (χ3v) is 2.02. The summed E-state index contributed by atoms with van der Waals surface area (Å²) >= 11 is 0. The van der Waals surface area contributed by atoms with E-state index in [-0.39, 0.29) is 29.8 Å². The molecular weight excluding hydrogens is 324 g/mol. The van der Waals surface area contributed by atoms with Crippen LogP contribution in [0.15, 0.2) is 15.2 Å². The standard InChI is InChI=1S/C6H6N18/c7-1(12-2(8)15-22-10)13-4-16-19-6(20-17-4)24-3(9)14-5(21-24)18-23-11/h(H2,9,14,21)(H4,7,8,12,13,16,17). The van der Waals surface area contributed by atoms with Crippen molar-refractivity contribution in [1.82, 2.24) is 35.2 Å². The number of azide groups is 2. The number of hydrogen-bond acceptors (Lipinski definition) is 9. The van der Waals surface area contributed by atoms with Crippen LogP contribution in [0, 0.1) is 5.41 Å². The van der Waals surface area contributed by atoms with Crippen molar-refractivity contribution in [3.63, 3.8) is 0 Å². The molecule has 0 spiro atoms. The van der Waals surface area contributed by atoms with Gasteiger partial charge in [-0.1, -0.05) is 0 Å². The third kappa shape index (κ3) is 3.75. The van der Waals surface area contributed by atoms with E-state index in [0.717, 1.165) is 4.68 Å². The highest BCUT2D eigenvalue weighted by Gasteiger charge is 2.12. The van der Waals surface area contributed by atoms with Crippen molar-refractivity contribution in [2.75, 3.05) is 11.1 Å². The molecule has 120 valence electrons. The van der Waals surface area contributed by atoms with E-state index in [4.69, 9.17) is 27.9 Å². The van der Waals surface area contributed by atoms with Crippen molar-refractivity contribution in [1.29, 1.82) is 5.41 Å². The fraction of sp³-hybridized carbons (Fsp3) is 0. The first-order valence-electron chi connectivity index (χ1n) is 5.63. The predicted octanol–water partition coefficient (Wildman–Crippen LogP) is -0.657. The van der Waals surface area contributed by atoms with Crippen LogP contribution in [0.25, 0.3) is 26.8 Å². The molecule has 6 N–H and O–H groups in total. The van der Waals surface area contributed by atoms with Gasteiger partial charge in [-0.2, -0.15) is 14.7 Å². The van der Waals surface area contributed by atoms with Crippen LogP contribution < -0.4 is 16.8 Å². The van der Waals surface area contributed by atoms with Gasteiger partial charge in [-0.15, -0.1) is 25.5 Å². The molecule has 0 aliphatic carbocycles. The minimum absolute atomic E-state index is 0.148. The Morgan fingerprint density at radius 2 is 1.92 bits per heavy atom. The van der Waals surface area contributed by atoms with Crippen molar-refractivity contribution in [3.05, 3.63) is 20.9 Å². The molecule has 0 atom stereocenters. The van der Waals surface area contributed by atoms with Crippen molar-refractivity contribution >= 4 is 29.8 Å². The van der Waals surface area contributed by atoms with Crippen LogP contribution in [0.4, 0.5) is 17.8 Å². The van der Waals surface area contributed by atoms with Gasteiger partial charge in [-0.3, -0.25) is 10.7 Å². The number of rotatable bonds is 3. The quantitative estimate of drug-likeness (QED) is 0.182. The SMILES string of the molecule is [N-]=[N+]=NC(=N)/N=C(\N)Nc1nnc(-n2nc(N=[N+]=[N-])nc2N)nn1. The van der Waals surface area contributed by atoms with Crippen LogP contribution >= 0.6 is 0 Å². The van der Waals surface area contributed by atoms with E-state index in [1.165, 1.54) is 0 Å². The van der Waals surface area contributed by atoms with Crippen LogP contribution in [-0.2, 0) is 0 Å². The number of nitrogens with two attached hydrogens (primary N) is 2. The van der Waals surface area contributed by atoms with Gasteiger partial charge in [-0.25, -0.2) is 0 Å². The smallest absolute Gasteiger partial charge is 0.292 e. The lowest BCUT2D eigenvalue weighted by atomic mass is 10.8. The van der Waals surface area contributed by atoms with Crippen molar-refractivity contribution in [2.45, 2.75) is 0 Å². The first-order chi connectivity index (χ1) is 11.5. The van der Waals surface area contributed by atoms with Crippen molar-refractivity contribution < 1.29 is 0 Å². The Kier molecular flexibility index (Phi) is 4.57. The lowest BCUT2D eigenvalue weighted by Gasteiger charge is -2.02. The summed E-state index contributed by atoms with van der Waals surface area (Å²) in [5.74, 6) is -1.68. The highest BCUT2D eigenvalue weighted by atomic mass is 15.5. The summed E-state index contributed by atoms with van der Waals surface area (Å²) in [6.07, 6.45) is 0. The first-order valence-corrected chi connectivity index (χ1v) is 5.63. The van der Waals surface area contributed by atoms with Gasteiger partial charge in [0.2, 0.25) is 23.8 Å². The molecule has 0 radical (unpaired) electrons. The van der Waals surface area contributed by atoms with Crippen LogP contribution in [0.2, 0.25) is 0 Å². The van der Waals surface area contributed by atoms with Crippen LogP contribution in [0.3, 0.4) is 0 Å². The molecule has 0 unspecified atom stereocenters. The largest absolute Gasteiger partial charge is 0.369 e. The average molecular weight is 330 g/mol. The Labute approximate surface area is 130 Å². The van der Waals surface area contributed by atoms with Gasteiger partial charge >= 0.3 is 0 Å². The molecule has 0 aliphatic rings. The summed E-state index contributed by atoms with van der Waals surface area (Å²) in [5.41, 5.74) is 27.4. The summed E-state index contributed by atoms with van der Waals surface area (Å²) in [4.78, 5) is 11.9. The summed E-state index contributed by atoms with van der Waals surface area (Å²) in [6, 6.07) is 0. The summed E-state index contributed by atoms with van der Waals surface area (Å²) in [6.45, 7) is 0. The van der Waals surface area contributed by atoms with E-state index in [1.807, 2.05) is 0 Å². The second-order valence-corrected chi connectivity index (χ2v) is 3.53. The zero-order valence-electron chi connectivity index (χ0n) is 11.4. The van der Waals surface area contributed by atoms with E-state index in [9.17, 15) is 0 Å². The molecule has 0 aliphatic heterocycles. The number of aromatic nitrogens is 7. The van der Waals surface area contributed by atoms with Gasteiger partial charge in [0.25, 0.3) is 11.9 Å². The van der Waals surface area contributed by atoms with Gasteiger partial charge in [0, 0.05) is 9.82 Å². The summed E-state index contributed by atoms with van der Waals surface area (Å²) in [7, 11) is 0. The lowest BCUT2D eigenvalue weighted by Crippen LogP contribution is -2.25. The Hall–Kier alpha value is -4.56. The fourth-order valence-corrected chi connectivity index (χ4v) is 1.22. The second-order valence-electron chi connectivity index (χ2n) is 3.53. The molecule has 2 aromatic rings. The van der Waals surface area contributed by atoms with Crippen LogP contribution in [0.1, 0.15) is 0 Å². The number of nitrogen functional groups attached to an aromatic ring is 1. The highest BCUT2D eigenvalue weighted by molar-refractivity contribution is 5.99. The maximum absolute atomic E-state index is 8.31. The summed E-state index contributed by atoms with van der Waals surface area (Å²) in [5, 5.41) is 33.9. The van der Waals surface area contributed by atoms with Crippen LogP contribution in [0.5, 0.6) is 0 Å². The number of nitrogens with one attached hydrogen (secondary N) is 2. The van der Waals surface area contributed by atoms with Gasteiger partial charge in [-0.05, 0) is 21.3 Å². The molecule has 0 saturated carbocycles. The molecule has 0 amide bonds. The second kappa shape index (κ2) is 6.93. The van der Waals surface area contributed by atoms with Gasteiger partial charge < -0.3 is 11.5 Å². The van der Waals surface area contributed by atoms with Crippen molar-refractivity contribution in [3.8, 4) is 5.95 Å². The maximum Gasteiger partial charge on any atom is 0.292 e. The number of guanidine groups is 2. The zero-order valence-corrected chi connectivity index (χ0v) is 11.4. The number of hydrogen-bond donors (Lipinski definition) is 4. The van der Waals surface area contributed by atoms with E-state index < -0.39 is 5.96 Å². The minimum Gasteiger partial charge on any atom is -0.369 e. The molecule has 18 nitrogen and oxygen atoms in total. The Morgan fingerprint density at radius 3 is 2.54 bits per heavy atom. The predicted molar refractivity (Wildman–Crippen MR) is 77.9 cm³/mol. The van der Waals surface area contributed by atoms with Crippen molar-refractivity contribution in [2.24, 2.45) is 21.0 Å². The zero-order chi connectivity index (χ0) is 17.5. The first kappa shape index (κ1) is 15.8. The third-order valence-electron chi connectivity index (χ3n) is 2.02. The molecule has 0 aromatic carbocycles. The molecule has 2 rings (SSSR count). The topological polar surface area (TPSA) is 280 Å². The number of anilines is 2. The number of aliphatic imine (C=N–C) groups is 1.